The van der Waals surface area contributed by atoms with Gasteiger partial charge in [0.05, 0.1) is 11.2 Å². The Morgan fingerprint density at radius 3 is 1.26 bits per heavy atom. The summed E-state index contributed by atoms with van der Waals surface area (Å²) in [6.07, 6.45) is 21.0. The summed E-state index contributed by atoms with van der Waals surface area (Å²) in [4.78, 5) is 20.7. The Balaban J connectivity index is 0.000000257. The van der Waals surface area contributed by atoms with Crippen LogP contribution in [-0.2, 0) is 45.0 Å². The van der Waals surface area contributed by atoms with E-state index in [0.29, 0.717) is 0 Å². The Bertz CT molecular complexity index is 3190. The minimum absolute atomic E-state index is 0.0327. The van der Waals surface area contributed by atoms with E-state index in [9.17, 15) is 0 Å². The van der Waals surface area contributed by atoms with Crippen molar-refractivity contribution in [2.45, 2.75) is 259 Å². The second-order valence-corrected chi connectivity index (χ2v) is 36.2. The molecule has 2 aliphatic carbocycles. The van der Waals surface area contributed by atoms with E-state index in [1.807, 2.05) is 12.4 Å². The SMILES string of the molecule is CCC(CC)(c1ccc(C#CC2(O[Si](C)(C)C)CCCCC2)c(C)c1)c1ccc(B2OC(C)(C)C(C)(C)O2)c(C)c1.CCc1cncc(-c2ccc(C(CC)(CC)c3ccc(C#CC4(O[Si](C)(C)C)CCCCC4)c(C)c3)cc2C)c1.O=C=O. The average molecular weight is 1170 g/mol. The average Bonchev–Trinajstić information content (AvgIpc) is 1.73. The standard InChI is InChI=1S/C37H49NOSi.C36H53BO3Si.CO2/c1-9-30-25-32(27-38-26-30)35-18-17-34(24-29(35)5)37(10-2,11-3)33-16-15-31(28(4)23-33)19-22-36(39-40(6,7)8)20-13-12-14-21-36;1-12-36(13-2,31-19-20-32(28(4)26-31)37-38-33(5,6)34(7,8)39-37)30-18-17-29(27(3)25-30)21-24-35(40-41(9,10)11)22-15-14-16-23-35;2-1-3/h15-18,23-27H,9-14,20-21H2,1-8H3;17-20,25-26H,12-16,22-23H2,1-11H3;. The van der Waals surface area contributed by atoms with Gasteiger partial charge in [0.1, 0.15) is 11.2 Å². The van der Waals surface area contributed by atoms with E-state index >= 15 is 0 Å². The topological polar surface area (TPSA) is 83.9 Å². The number of hydrogen-bond acceptors (Lipinski definition) is 7. The number of nitrogens with zero attached hydrogens (tertiary/aromatic N) is 1. The molecule has 2 saturated carbocycles. The molecule has 3 fully saturated rings. The first-order valence-electron chi connectivity index (χ1n) is 31.7. The Morgan fingerprint density at radius 1 is 0.524 bits per heavy atom. The Morgan fingerprint density at radius 2 is 0.905 bits per heavy atom. The van der Waals surface area contributed by atoms with Crippen LogP contribution in [0.5, 0.6) is 0 Å². The van der Waals surface area contributed by atoms with E-state index in [1.165, 1.54) is 99.7 Å². The van der Waals surface area contributed by atoms with E-state index < -0.39 is 16.6 Å². The fourth-order valence-corrected chi connectivity index (χ4v) is 16.1. The summed E-state index contributed by atoms with van der Waals surface area (Å²) in [7, 11) is -3.73. The van der Waals surface area contributed by atoms with Gasteiger partial charge in [0, 0.05) is 39.9 Å². The van der Waals surface area contributed by atoms with Crippen molar-refractivity contribution in [3.05, 3.63) is 152 Å². The molecule has 1 aliphatic heterocycles. The number of benzene rings is 4. The minimum Gasteiger partial charge on any atom is -0.402 e. The molecule has 450 valence electrons. The third kappa shape index (κ3) is 16.1. The molecular formula is C74H102BNO6Si2. The van der Waals surface area contributed by atoms with E-state index in [2.05, 4.69) is 237 Å². The molecule has 0 radical (unpaired) electrons. The van der Waals surface area contributed by atoms with Crippen molar-refractivity contribution in [2.75, 3.05) is 0 Å². The molecule has 0 unspecified atom stereocenters. The Hall–Kier alpha value is -5.13. The molecular weight excluding hydrogens is 1070 g/mol. The predicted molar refractivity (Wildman–Crippen MR) is 355 cm³/mol. The molecule has 0 amide bonds. The fraction of sp³-hybridized carbons (Fsp3) is 0.541. The maximum absolute atomic E-state index is 8.12. The molecule has 10 heteroatoms. The molecule has 1 saturated heterocycles. The molecule has 0 atom stereocenters. The van der Waals surface area contributed by atoms with Gasteiger partial charge >= 0.3 is 13.3 Å². The predicted octanol–water partition coefficient (Wildman–Crippen LogP) is 18.0. The maximum atomic E-state index is 8.12. The van der Waals surface area contributed by atoms with E-state index in [-0.39, 0.29) is 46.5 Å². The summed E-state index contributed by atoms with van der Waals surface area (Å²) in [6.45, 7) is 42.5. The zero-order valence-corrected chi connectivity index (χ0v) is 57.2. The van der Waals surface area contributed by atoms with Gasteiger partial charge in [-0.05, 0) is 252 Å². The highest BCUT2D eigenvalue weighted by Crippen LogP contribution is 2.44. The lowest BCUT2D eigenvalue weighted by Gasteiger charge is -2.38. The van der Waals surface area contributed by atoms with Crippen LogP contribution < -0.4 is 5.46 Å². The summed E-state index contributed by atoms with van der Waals surface area (Å²) in [6, 6.07) is 30.1. The fourth-order valence-electron chi connectivity index (χ4n) is 13.3. The van der Waals surface area contributed by atoms with Gasteiger partial charge in [0.25, 0.3) is 0 Å². The van der Waals surface area contributed by atoms with Crippen LogP contribution in [0.25, 0.3) is 11.1 Å². The summed E-state index contributed by atoms with van der Waals surface area (Å²) < 4.78 is 26.2. The molecule has 2 heterocycles. The van der Waals surface area contributed by atoms with Crippen molar-refractivity contribution in [2.24, 2.45) is 0 Å². The quantitative estimate of drug-likeness (QED) is 0.0763. The molecule has 3 aliphatic rings. The van der Waals surface area contributed by atoms with Crippen LogP contribution in [0.1, 0.15) is 213 Å². The third-order valence-electron chi connectivity index (χ3n) is 18.8. The largest absolute Gasteiger partial charge is 0.495 e. The number of pyridine rings is 1. The van der Waals surface area contributed by atoms with Gasteiger partial charge in [-0.25, -0.2) is 0 Å². The zero-order valence-electron chi connectivity index (χ0n) is 55.2. The van der Waals surface area contributed by atoms with Gasteiger partial charge < -0.3 is 18.2 Å². The van der Waals surface area contributed by atoms with Crippen molar-refractivity contribution >= 4 is 35.4 Å². The number of rotatable bonds is 15. The highest BCUT2D eigenvalue weighted by atomic mass is 28.4. The van der Waals surface area contributed by atoms with Crippen LogP contribution in [0.15, 0.2) is 91.3 Å². The van der Waals surface area contributed by atoms with Gasteiger partial charge in [-0.3, -0.25) is 4.98 Å². The van der Waals surface area contributed by atoms with Gasteiger partial charge in [-0.1, -0.05) is 137 Å². The Labute approximate surface area is 511 Å². The van der Waals surface area contributed by atoms with Crippen LogP contribution in [0.3, 0.4) is 0 Å². The molecule has 0 spiro atoms. The normalized spacial score (nSPS) is 17.2. The summed E-state index contributed by atoms with van der Waals surface area (Å²) in [5.74, 6) is 14.5. The van der Waals surface area contributed by atoms with Crippen LogP contribution in [0, 0.1) is 51.4 Å². The highest BCUT2D eigenvalue weighted by molar-refractivity contribution is 6.70. The molecule has 1 aromatic heterocycles. The number of aromatic nitrogens is 1. The molecule has 0 N–H and O–H groups in total. The Kier molecular flexibility index (Phi) is 22.8. The van der Waals surface area contributed by atoms with E-state index in [1.54, 1.807) is 0 Å². The van der Waals surface area contributed by atoms with Gasteiger partial charge in [-0.2, -0.15) is 9.59 Å². The first-order chi connectivity index (χ1) is 39.5. The van der Waals surface area contributed by atoms with Crippen LogP contribution in [0.4, 0.5) is 0 Å². The lowest BCUT2D eigenvalue weighted by Crippen LogP contribution is -2.43. The van der Waals surface area contributed by atoms with Crippen LogP contribution in [-0.4, -0.2) is 57.3 Å². The van der Waals surface area contributed by atoms with Gasteiger partial charge in [0.2, 0.25) is 0 Å². The van der Waals surface area contributed by atoms with E-state index in [4.69, 9.17) is 27.7 Å². The highest BCUT2D eigenvalue weighted by Gasteiger charge is 2.52. The van der Waals surface area contributed by atoms with Crippen molar-refractivity contribution in [1.82, 2.24) is 4.98 Å². The van der Waals surface area contributed by atoms with Gasteiger partial charge in [-0.15, -0.1) is 0 Å². The molecule has 84 heavy (non-hydrogen) atoms. The summed E-state index contributed by atoms with van der Waals surface area (Å²) in [5.41, 5.74) is 16.3. The summed E-state index contributed by atoms with van der Waals surface area (Å²) >= 11 is 0. The molecule has 7 nitrogen and oxygen atoms in total. The molecule has 0 bridgehead atoms. The first kappa shape index (κ1) is 68.0. The molecule has 5 aromatic rings. The second kappa shape index (κ2) is 28.1. The van der Waals surface area contributed by atoms with Crippen LogP contribution in [0.2, 0.25) is 39.3 Å². The van der Waals surface area contributed by atoms with Gasteiger partial charge in [0.15, 0.2) is 16.6 Å². The van der Waals surface area contributed by atoms with Crippen molar-refractivity contribution < 1.29 is 27.7 Å². The molecule has 4 aromatic carbocycles. The first-order valence-corrected chi connectivity index (χ1v) is 38.6. The van der Waals surface area contributed by atoms with Crippen molar-refractivity contribution in [3.63, 3.8) is 0 Å². The smallest absolute Gasteiger partial charge is 0.402 e. The summed E-state index contributed by atoms with van der Waals surface area (Å²) in [5, 5.41) is 0. The number of aryl methyl sites for hydroxylation is 5. The van der Waals surface area contributed by atoms with Crippen LogP contribution >= 0.6 is 0 Å². The van der Waals surface area contributed by atoms with E-state index in [0.717, 1.165) is 74.4 Å². The van der Waals surface area contributed by atoms with Crippen molar-refractivity contribution in [1.29, 1.82) is 0 Å². The number of hydrogen-bond donors (Lipinski definition) is 0. The number of carbonyl (C=O) groups excluding carboxylic acids is 2. The third-order valence-corrected chi connectivity index (χ3v) is 20.8. The lowest BCUT2D eigenvalue weighted by molar-refractivity contribution is -0.191. The monoisotopic (exact) mass is 1170 g/mol. The lowest BCUT2D eigenvalue weighted by atomic mass is 9.68. The zero-order chi connectivity index (χ0) is 61.9. The second-order valence-electron chi connectivity index (χ2n) is 27.4. The minimum atomic E-state index is -1.70. The molecule has 8 rings (SSSR count). The maximum Gasteiger partial charge on any atom is 0.495 e. The van der Waals surface area contributed by atoms with Crippen molar-refractivity contribution in [3.8, 4) is 34.8 Å².